The molecule has 0 atom stereocenters. The molecule has 0 amide bonds. The highest BCUT2D eigenvalue weighted by Crippen LogP contribution is 2.48. The second kappa shape index (κ2) is 11.1. The maximum Gasteiger partial charge on any atom is 0.0722 e. The fourth-order valence-corrected chi connectivity index (χ4v) is 8.94. The van der Waals surface area contributed by atoms with Crippen LogP contribution in [0.5, 0.6) is 0 Å². The van der Waals surface area contributed by atoms with Crippen LogP contribution in [0.3, 0.4) is 0 Å². The molecule has 0 saturated carbocycles. The largest absolute Gasteiger partial charge is 0.309 e. The van der Waals surface area contributed by atoms with Gasteiger partial charge in [0, 0.05) is 61.8 Å². The van der Waals surface area contributed by atoms with E-state index in [0.29, 0.717) is 0 Å². The quantitative estimate of drug-likeness (QED) is 0.185. The van der Waals surface area contributed by atoms with E-state index in [1.54, 1.807) is 0 Å². The number of pyridine rings is 2. The molecule has 4 heterocycles. The van der Waals surface area contributed by atoms with E-state index in [1.807, 2.05) is 12.4 Å². The van der Waals surface area contributed by atoms with Crippen molar-refractivity contribution in [3.05, 3.63) is 182 Å². The van der Waals surface area contributed by atoms with Crippen LogP contribution in [0.15, 0.2) is 182 Å². The molecule has 0 unspecified atom stereocenters. The number of nitrogens with zero attached hydrogens (tertiary/aromatic N) is 4. The Morgan fingerprint density at radius 2 is 1.00 bits per heavy atom. The Balaban J connectivity index is 1.05. The first-order chi connectivity index (χ1) is 26.8. The number of hydrogen-bond acceptors (Lipinski definition) is 2. The van der Waals surface area contributed by atoms with Crippen LogP contribution in [-0.4, -0.2) is 19.1 Å². The van der Waals surface area contributed by atoms with Gasteiger partial charge >= 0.3 is 0 Å². The van der Waals surface area contributed by atoms with Crippen molar-refractivity contribution in [2.45, 2.75) is 0 Å². The molecule has 4 heteroatoms. The smallest absolute Gasteiger partial charge is 0.0722 e. The van der Waals surface area contributed by atoms with Gasteiger partial charge in [-0.15, -0.1) is 0 Å². The first-order valence-corrected chi connectivity index (χ1v) is 18.4. The number of fused-ring (bicyclic) bond motifs is 9. The van der Waals surface area contributed by atoms with Crippen LogP contribution >= 0.6 is 0 Å². The molecule has 0 bridgehead atoms. The summed E-state index contributed by atoms with van der Waals surface area (Å²) in [7, 11) is 0. The van der Waals surface area contributed by atoms with Crippen molar-refractivity contribution in [3.8, 4) is 56.0 Å². The van der Waals surface area contributed by atoms with Gasteiger partial charge in [0.2, 0.25) is 0 Å². The topological polar surface area (TPSA) is 35.6 Å². The van der Waals surface area contributed by atoms with E-state index in [9.17, 15) is 0 Å². The number of rotatable bonds is 4. The lowest BCUT2D eigenvalue weighted by molar-refractivity contribution is 1.18. The SMILES string of the molecule is c1ccc(-n2c3ccccc3c3cc(-c4ccc5c(c4)c4ccc(-c6cc7c8c(cccc8n6)-c6ccncc6-7)cc4n5-c4ccccc4)ccc32)cc1. The summed E-state index contributed by atoms with van der Waals surface area (Å²) in [5.74, 6) is 0. The van der Waals surface area contributed by atoms with Gasteiger partial charge < -0.3 is 9.13 Å². The third kappa shape index (κ3) is 4.13. The van der Waals surface area contributed by atoms with E-state index < -0.39 is 0 Å². The first-order valence-electron chi connectivity index (χ1n) is 18.4. The molecule has 0 aliphatic heterocycles. The highest BCUT2D eigenvalue weighted by Gasteiger charge is 2.24. The predicted molar refractivity (Wildman–Crippen MR) is 224 cm³/mol. The highest BCUT2D eigenvalue weighted by atomic mass is 15.0. The first kappa shape index (κ1) is 29.3. The Morgan fingerprint density at radius 1 is 0.370 bits per heavy atom. The number of para-hydroxylation sites is 3. The van der Waals surface area contributed by atoms with Crippen LogP contribution in [0.2, 0.25) is 0 Å². The molecule has 0 saturated heterocycles. The van der Waals surface area contributed by atoms with Crippen LogP contribution in [0.4, 0.5) is 0 Å². The number of hydrogen-bond donors (Lipinski definition) is 0. The van der Waals surface area contributed by atoms with Gasteiger partial charge in [0.1, 0.15) is 0 Å². The highest BCUT2D eigenvalue weighted by molar-refractivity contribution is 6.16. The molecular formula is C50H30N4. The minimum Gasteiger partial charge on any atom is -0.309 e. The molecule has 11 aromatic rings. The van der Waals surface area contributed by atoms with Gasteiger partial charge in [-0.1, -0.05) is 91.0 Å². The number of benzene rings is 7. The average Bonchev–Trinajstić information content (AvgIpc) is 3.87. The van der Waals surface area contributed by atoms with E-state index in [-0.39, 0.29) is 0 Å². The molecule has 0 fully saturated rings. The predicted octanol–water partition coefficient (Wildman–Crippen LogP) is 12.8. The summed E-state index contributed by atoms with van der Waals surface area (Å²) in [4.78, 5) is 9.73. The maximum atomic E-state index is 5.24. The Morgan fingerprint density at radius 3 is 1.74 bits per heavy atom. The minimum absolute atomic E-state index is 0.960. The zero-order valence-electron chi connectivity index (χ0n) is 29.1. The summed E-state index contributed by atoms with van der Waals surface area (Å²) >= 11 is 0. The van der Waals surface area contributed by atoms with E-state index in [0.717, 1.165) is 28.0 Å². The molecule has 12 rings (SSSR count). The normalized spacial score (nSPS) is 12.1. The van der Waals surface area contributed by atoms with Crippen LogP contribution < -0.4 is 0 Å². The van der Waals surface area contributed by atoms with Crippen molar-refractivity contribution in [3.63, 3.8) is 0 Å². The molecule has 54 heavy (non-hydrogen) atoms. The zero-order chi connectivity index (χ0) is 35.3. The van der Waals surface area contributed by atoms with E-state index >= 15 is 0 Å². The van der Waals surface area contributed by atoms with E-state index in [2.05, 4.69) is 184 Å². The fraction of sp³-hybridized carbons (Fsp3) is 0. The molecule has 4 aromatic heterocycles. The van der Waals surface area contributed by atoms with Crippen molar-refractivity contribution >= 4 is 54.5 Å². The van der Waals surface area contributed by atoms with E-state index in [1.165, 1.54) is 82.5 Å². The Hall–Kier alpha value is -7.30. The summed E-state index contributed by atoms with van der Waals surface area (Å²) in [5, 5.41) is 6.14. The van der Waals surface area contributed by atoms with Gasteiger partial charge in [-0.05, 0) is 107 Å². The lowest BCUT2D eigenvalue weighted by Gasteiger charge is -2.10. The monoisotopic (exact) mass is 686 g/mol. The Bertz CT molecular complexity index is 3320. The summed E-state index contributed by atoms with van der Waals surface area (Å²) in [6.45, 7) is 0. The van der Waals surface area contributed by atoms with Gasteiger partial charge in [-0.25, -0.2) is 4.98 Å². The zero-order valence-corrected chi connectivity index (χ0v) is 29.1. The second-order valence-electron chi connectivity index (χ2n) is 14.2. The summed E-state index contributed by atoms with van der Waals surface area (Å²) < 4.78 is 4.77. The van der Waals surface area contributed by atoms with E-state index in [4.69, 9.17) is 4.98 Å². The minimum atomic E-state index is 0.960. The van der Waals surface area contributed by atoms with Crippen LogP contribution in [0.25, 0.3) is 111 Å². The van der Waals surface area contributed by atoms with Crippen LogP contribution in [0.1, 0.15) is 0 Å². The summed E-state index contributed by atoms with van der Waals surface area (Å²) in [6, 6.07) is 61.5. The molecule has 1 aliphatic carbocycles. The molecule has 7 aromatic carbocycles. The lowest BCUT2D eigenvalue weighted by atomic mass is 9.99. The maximum absolute atomic E-state index is 5.24. The molecule has 0 radical (unpaired) electrons. The van der Waals surface area contributed by atoms with Crippen molar-refractivity contribution in [2.24, 2.45) is 0 Å². The van der Waals surface area contributed by atoms with Gasteiger partial charge in [-0.2, -0.15) is 0 Å². The van der Waals surface area contributed by atoms with Crippen LogP contribution in [0, 0.1) is 0 Å². The van der Waals surface area contributed by atoms with Crippen molar-refractivity contribution in [1.29, 1.82) is 0 Å². The average molecular weight is 687 g/mol. The molecular weight excluding hydrogens is 657 g/mol. The van der Waals surface area contributed by atoms with Gasteiger partial charge in [-0.3, -0.25) is 4.98 Å². The van der Waals surface area contributed by atoms with Gasteiger partial charge in [0.25, 0.3) is 0 Å². The molecule has 250 valence electrons. The molecule has 0 N–H and O–H groups in total. The van der Waals surface area contributed by atoms with Crippen molar-refractivity contribution in [1.82, 2.24) is 19.1 Å². The fourth-order valence-electron chi connectivity index (χ4n) is 8.94. The summed E-state index contributed by atoms with van der Waals surface area (Å²) in [5.41, 5.74) is 17.3. The third-order valence-electron chi connectivity index (χ3n) is 11.3. The number of aromatic nitrogens is 4. The molecule has 0 spiro atoms. The molecule has 1 aliphatic rings. The second-order valence-corrected chi connectivity index (χ2v) is 14.2. The Kier molecular flexibility index (Phi) is 6.02. The van der Waals surface area contributed by atoms with Crippen molar-refractivity contribution in [2.75, 3.05) is 0 Å². The van der Waals surface area contributed by atoms with Crippen LogP contribution in [-0.2, 0) is 0 Å². The third-order valence-corrected chi connectivity index (χ3v) is 11.3. The summed E-state index contributed by atoms with van der Waals surface area (Å²) in [6.07, 6.45) is 3.86. The molecule has 4 nitrogen and oxygen atoms in total. The lowest BCUT2D eigenvalue weighted by Crippen LogP contribution is -1.94. The standard InChI is InChI=1S/C50H30N4/c1-3-10-34(11-4-1)53-46-17-8-7-14-37(46)40-26-31(19-22-47(40)53)32-20-23-48-41(27-32)38-21-18-33(28-49(38)54(48)35-12-5-2-6-13-35)45-29-42-43-30-51-25-24-36(43)39-15-9-16-44(52-45)50(39)42/h1-30H. The van der Waals surface area contributed by atoms with Gasteiger partial charge in [0.15, 0.2) is 0 Å². The van der Waals surface area contributed by atoms with Gasteiger partial charge in [0.05, 0.1) is 33.3 Å². The van der Waals surface area contributed by atoms with Crippen molar-refractivity contribution < 1.29 is 0 Å². The Labute approximate surface area is 310 Å².